The van der Waals surface area contributed by atoms with Crippen molar-refractivity contribution in [3.8, 4) is 11.8 Å². The molecule has 136 valence electrons. The third-order valence-electron chi connectivity index (χ3n) is 3.74. The average molecular weight is 438 g/mol. The molecule has 0 spiro atoms. The molecule has 8 heteroatoms. The highest BCUT2D eigenvalue weighted by Gasteiger charge is 2.21. The molecule has 0 saturated carbocycles. The number of sulfone groups is 1. The summed E-state index contributed by atoms with van der Waals surface area (Å²) in [5.74, 6) is 0. The first-order chi connectivity index (χ1) is 12.8. The predicted molar refractivity (Wildman–Crippen MR) is 108 cm³/mol. The minimum absolute atomic E-state index is 0.0402. The normalized spacial score (nSPS) is 12.0. The van der Waals surface area contributed by atoms with Gasteiger partial charge in [-0.15, -0.1) is 0 Å². The average Bonchev–Trinajstić information content (AvgIpc) is 3.07. The van der Waals surface area contributed by atoms with Gasteiger partial charge < -0.3 is 4.57 Å². The fourth-order valence-electron chi connectivity index (χ4n) is 2.51. The minimum atomic E-state index is -3.95. The lowest BCUT2D eigenvalue weighted by Gasteiger charge is -2.12. The first-order valence-corrected chi connectivity index (χ1v) is 10.2. The Morgan fingerprint density at radius 2 is 1.63 bits per heavy atom. The fraction of sp³-hybridized carbons (Fsp3) is 0. The van der Waals surface area contributed by atoms with E-state index in [2.05, 4.69) is 0 Å². The summed E-state index contributed by atoms with van der Waals surface area (Å²) >= 11 is 18.5. The molecule has 0 saturated heterocycles. The van der Waals surface area contributed by atoms with Crippen LogP contribution < -0.4 is 0 Å². The molecule has 0 fully saturated rings. The molecule has 2 aromatic carbocycles. The maximum absolute atomic E-state index is 12.7. The first kappa shape index (κ1) is 19.5. The van der Waals surface area contributed by atoms with Gasteiger partial charge in [-0.05, 0) is 42.5 Å². The summed E-state index contributed by atoms with van der Waals surface area (Å²) in [5.41, 5.74) is 0.866. The van der Waals surface area contributed by atoms with Crippen LogP contribution in [0.25, 0.3) is 11.8 Å². The predicted octanol–water partition coefficient (Wildman–Crippen LogP) is 5.78. The van der Waals surface area contributed by atoms with Crippen LogP contribution in [0.15, 0.2) is 70.6 Å². The van der Waals surface area contributed by atoms with E-state index in [1.165, 1.54) is 30.3 Å². The van der Waals surface area contributed by atoms with E-state index in [-0.39, 0.29) is 4.90 Å². The van der Waals surface area contributed by atoms with Crippen molar-refractivity contribution in [3.05, 3.63) is 86.5 Å². The van der Waals surface area contributed by atoms with E-state index in [1.54, 1.807) is 47.2 Å². The number of benzene rings is 2. The van der Waals surface area contributed by atoms with Crippen molar-refractivity contribution >= 4 is 50.7 Å². The second-order valence-corrected chi connectivity index (χ2v) is 8.63. The Morgan fingerprint density at radius 3 is 2.22 bits per heavy atom. The van der Waals surface area contributed by atoms with Crippen LogP contribution in [0.5, 0.6) is 0 Å². The summed E-state index contributed by atoms with van der Waals surface area (Å²) in [7, 11) is -3.95. The van der Waals surface area contributed by atoms with Crippen LogP contribution in [-0.2, 0) is 9.84 Å². The third kappa shape index (κ3) is 3.90. The van der Waals surface area contributed by atoms with Crippen molar-refractivity contribution in [2.75, 3.05) is 0 Å². The molecule has 0 aliphatic carbocycles. The van der Waals surface area contributed by atoms with Crippen LogP contribution in [0.4, 0.5) is 0 Å². The number of rotatable bonds is 4. The second kappa shape index (κ2) is 7.79. The van der Waals surface area contributed by atoms with Crippen LogP contribution in [-0.4, -0.2) is 13.0 Å². The van der Waals surface area contributed by atoms with E-state index in [0.29, 0.717) is 26.4 Å². The van der Waals surface area contributed by atoms with Crippen molar-refractivity contribution in [3.63, 3.8) is 0 Å². The molecule has 3 rings (SSSR count). The van der Waals surface area contributed by atoms with Crippen LogP contribution >= 0.6 is 34.8 Å². The van der Waals surface area contributed by atoms with Gasteiger partial charge in [0, 0.05) is 16.9 Å². The zero-order valence-corrected chi connectivity index (χ0v) is 16.7. The lowest BCUT2D eigenvalue weighted by molar-refractivity contribution is 0.603. The molecule has 0 atom stereocenters. The summed E-state index contributed by atoms with van der Waals surface area (Å²) in [6.45, 7) is 0. The van der Waals surface area contributed by atoms with Gasteiger partial charge in [-0.2, -0.15) is 5.26 Å². The maximum Gasteiger partial charge on any atom is 0.216 e. The summed E-state index contributed by atoms with van der Waals surface area (Å²) < 4.78 is 27.1. The van der Waals surface area contributed by atoms with Gasteiger partial charge in [-0.1, -0.05) is 53.0 Å². The summed E-state index contributed by atoms with van der Waals surface area (Å²) in [6, 6.07) is 15.9. The standard InChI is InChI=1S/C19H11Cl3N2O2S/c20-13-9-17(21)19(18(22)10-13)24-8-4-5-14(24)11-16(12-23)27(25,26)15-6-2-1-3-7-15/h1-11H/b16-11+. The Balaban J connectivity index is 2.15. The van der Waals surface area contributed by atoms with E-state index in [9.17, 15) is 13.7 Å². The molecule has 0 amide bonds. The van der Waals surface area contributed by atoms with Gasteiger partial charge in [0.2, 0.25) is 9.84 Å². The fourth-order valence-corrected chi connectivity index (χ4v) is 4.68. The quantitative estimate of drug-likeness (QED) is 0.486. The molecule has 0 unspecified atom stereocenters. The van der Waals surface area contributed by atoms with Crippen molar-refractivity contribution in [2.45, 2.75) is 4.90 Å². The molecule has 1 heterocycles. The molecular weight excluding hydrogens is 427 g/mol. The zero-order chi connectivity index (χ0) is 19.6. The van der Waals surface area contributed by atoms with Crippen LogP contribution in [0, 0.1) is 11.3 Å². The molecule has 0 aliphatic heterocycles. The van der Waals surface area contributed by atoms with E-state index in [4.69, 9.17) is 34.8 Å². The van der Waals surface area contributed by atoms with Gasteiger partial charge in [-0.3, -0.25) is 0 Å². The largest absolute Gasteiger partial charge is 0.314 e. The third-order valence-corrected chi connectivity index (χ3v) is 6.21. The zero-order valence-electron chi connectivity index (χ0n) is 13.6. The lowest BCUT2D eigenvalue weighted by Crippen LogP contribution is -2.04. The van der Waals surface area contributed by atoms with Crippen LogP contribution in [0.1, 0.15) is 5.69 Å². The summed E-state index contributed by atoms with van der Waals surface area (Å²) in [4.78, 5) is -0.353. The number of nitrogens with zero attached hydrogens (tertiary/aromatic N) is 2. The van der Waals surface area contributed by atoms with Crippen LogP contribution in [0.2, 0.25) is 15.1 Å². The lowest BCUT2D eigenvalue weighted by atomic mass is 10.3. The Kier molecular flexibility index (Phi) is 5.64. The Bertz CT molecular complexity index is 1150. The monoisotopic (exact) mass is 436 g/mol. The van der Waals surface area contributed by atoms with Gasteiger partial charge in [0.25, 0.3) is 0 Å². The summed E-state index contributed by atoms with van der Waals surface area (Å²) in [6.07, 6.45) is 2.95. The summed E-state index contributed by atoms with van der Waals surface area (Å²) in [5, 5.41) is 10.4. The molecular formula is C19H11Cl3N2O2S. The molecule has 0 aliphatic rings. The Hall–Kier alpha value is -2.23. The number of hydrogen-bond donors (Lipinski definition) is 0. The maximum atomic E-state index is 12.7. The van der Waals surface area contributed by atoms with Crippen molar-refractivity contribution < 1.29 is 8.42 Å². The number of hydrogen-bond acceptors (Lipinski definition) is 3. The highest BCUT2D eigenvalue weighted by molar-refractivity contribution is 7.95. The van der Waals surface area contributed by atoms with Gasteiger partial charge in [0.15, 0.2) is 4.91 Å². The Morgan fingerprint density at radius 1 is 1.00 bits per heavy atom. The van der Waals surface area contributed by atoms with Crippen molar-refractivity contribution in [2.24, 2.45) is 0 Å². The highest BCUT2D eigenvalue weighted by Crippen LogP contribution is 2.34. The SMILES string of the molecule is N#C/C(=C\c1cccn1-c1c(Cl)cc(Cl)cc1Cl)S(=O)(=O)c1ccccc1. The number of nitriles is 1. The van der Waals surface area contributed by atoms with Gasteiger partial charge in [0.1, 0.15) is 6.07 Å². The van der Waals surface area contributed by atoms with Crippen LogP contribution in [0.3, 0.4) is 0 Å². The molecule has 0 N–H and O–H groups in total. The second-order valence-electron chi connectivity index (χ2n) is 5.46. The van der Waals surface area contributed by atoms with E-state index < -0.39 is 14.7 Å². The van der Waals surface area contributed by atoms with Gasteiger partial charge in [0.05, 0.1) is 20.6 Å². The smallest absolute Gasteiger partial charge is 0.216 e. The van der Waals surface area contributed by atoms with Gasteiger partial charge >= 0.3 is 0 Å². The number of halogens is 3. The van der Waals surface area contributed by atoms with Gasteiger partial charge in [-0.25, -0.2) is 8.42 Å². The molecule has 0 radical (unpaired) electrons. The Labute approximate surface area is 171 Å². The highest BCUT2D eigenvalue weighted by atomic mass is 35.5. The van der Waals surface area contributed by atoms with E-state index >= 15 is 0 Å². The minimum Gasteiger partial charge on any atom is -0.314 e. The molecule has 27 heavy (non-hydrogen) atoms. The topological polar surface area (TPSA) is 62.9 Å². The van der Waals surface area contributed by atoms with Crippen molar-refractivity contribution in [1.82, 2.24) is 4.57 Å². The van der Waals surface area contributed by atoms with Crippen molar-refractivity contribution in [1.29, 1.82) is 5.26 Å². The molecule has 0 bridgehead atoms. The number of aromatic nitrogens is 1. The molecule has 4 nitrogen and oxygen atoms in total. The molecule has 3 aromatic rings. The van der Waals surface area contributed by atoms with E-state index in [1.807, 2.05) is 0 Å². The van der Waals surface area contributed by atoms with E-state index in [0.717, 1.165) is 0 Å². The number of allylic oxidation sites excluding steroid dienone is 1. The molecule has 1 aromatic heterocycles. The first-order valence-electron chi connectivity index (χ1n) is 7.59.